The zero-order chi connectivity index (χ0) is 37.4. The summed E-state index contributed by atoms with van der Waals surface area (Å²) in [6, 6.07) is 64.7. The van der Waals surface area contributed by atoms with Crippen LogP contribution in [0.3, 0.4) is 0 Å². The van der Waals surface area contributed by atoms with Crippen molar-refractivity contribution in [1.82, 2.24) is 19.5 Å². The van der Waals surface area contributed by atoms with Crippen molar-refractivity contribution < 1.29 is 0 Å². The van der Waals surface area contributed by atoms with Gasteiger partial charge in [-0.3, -0.25) is 4.99 Å². The lowest BCUT2D eigenvalue weighted by Crippen LogP contribution is -2.01. The Morgan fingerprint density at radius 2 is 1.04 bits per heavy atom. The van der Waals surface area contributed by atoms with Gasteiger partial charge in [0.25, 0.3) is 0 Å². The molecule has 0 aliphatic heterocycles. The maximum absolute atomic E-state index is 5.30. The summed E-state index contributed by atoms with van der Waals surface area (Å²) in [5.41, 5.74) is 10.2. The summed E-state index contributed by atoms with van der Waals surface area (Å²) in [6.45, 7) is 0. The van der Waals surface area contributed by atoms with E-state index >= 15 is 0 Å². The van der Waals surface area contributed by atoms with Gasteiger partial charge in [-0.1, -0.05) is 158 Å². The van der Waals surface area contributed by atoms with Crippen molar-refractivity contribution in [2.24, 2.45) is 4.99 Å². The second-order valence-corrected chi connectivity index (χ2v) is 14.1. The molecule has 0 aliphatic carbocycles. The Morgan fingerprint density at radius 3 is 1.84 bits per heavy atom. The Hall–Kier alpha value is -7.15. The van der Waals surface area contributed by atoms with Crippen LogP contribution in [0.25, 0.3) is 83.6 Å². The van der Waals surface area contributed by atoms with Crippen molar-refractivity contribution in [3.8, 4) is 51.0 Å². The summed E-state index contributed by atoms with van der Waals surface area (Å²) in [4.78, 5) is 21.4. The lowest BCUT2D eigenvalue weighted by molar-refractivity contribution is 1.08. The second-order valence-electron chi connectivity index (χ2n) is 13.6. The van der Waals surface area contributed by atoms with Crippen molar-refractivity contribution in [3.63, 3.8) is 0 Å². The van der Waals surface area contributed by atoms with Gasteiger partial charge in [0.1, 0.15) is 0 Å². The zero-order valence-electron chi connectivity index (χ0n) is 30.2. The fourth-order valence-electron chi connectivity index (χ4n) is 7.61. The fraction of sp³-hybridized carbons (Fsp3) is 0. The molecule has 8 aromatic carbocycles. The average molecular weight is 736 g/mol. The third-order valence-electron chi connectivity index (χ3n) is 10.2. The van der Waals surface area contributed by atoms with Crippen molar-refractivity contribution in [1.29, 1.82) is 0 Å². The lowest BCUT2D eigenvalue weighted by Gasteiger charge is -2.13. The number of hydrogen-bond donors (Lipinski definition) is 1. The molecule has 0 unspecified atom stereocenters. The molecule has 0 N–H and O–H groups in total. The Morgan fingerprint density at radius 1 is 0.446 bits per heavy atom. The van der Waals surface area contributed by atoms with Gasteiger partial charge in [0.15, 0.2) is 17.5 Å². The van der Waals surface area contributed by atoms with Gasteiger partial charge in [0, 0.05) is 49.6 Å². The summed E-state index contributed by atoms with van der Waals surface area (Å²) in [5, 5.41) is 4.15. The molecule has 0 radical (unpaired) electrons. The minimum absolute atomic E-state index is 0.584. The van der Waals surface area contributed by atoms with Crippen molar-refractivity contribution in [2.75, 3.05) is 0 Å². The van der Waals surface area contributed by atoms with Crippen LogP contribution in [-0.4, -0.2) is 25.7 Å². The van der Waals surface area contributed by atoms with E-state index in [-0.39, 0.29) is 0 Å². The van der Waals surface area contributed by atoms with E-state index < -0.39 is 0 Å². The first-order chi connectivity index (χ1) is 27.7. The van der Waals surface area contributed by atoms with Crippen molar-refractivity contribution >= 4 is 57.1 Å². The lowest BCUT2D eigenvalue weighted by atomic mass is 10.0. The van der Waals surface area contributed by atoms with Crippen LogP contribution in [-0.2, 0) is 0 Å². The van der Waals surface area contributed by atoms with Gasteiger partial charge in [-0.2, -0.15) is 0 Å². The fourth-order valence-corrected chi connectivity index (χ4v) is 7.86. The molecular weight excluding hydrogens is 703 g/mol. The number of aliphatic imine (C=N–C) groups is 1. The highest BCUT2D eigenvalue weighted by Gasteiger charge is 2.21. The normalized spacial score (nSPS) is 11.6. The molecular formula is C50H33N5S. The average Bonchev–Trinajstić information content (AvgIpc) is 3.61. The molecule has 10 aromatic rings. The van der Waals surface area contributed by atoms with Crippen LogP contribution in [0.5, 0.6) is 0 Å². The second kappa shape index (κ2) is 14.3. The summed E-state index contributed by atoms with van der Waals surface area (Å²) in [7, 11) is 0. The minimum atomic E-state index is 0.584. The highest BCUT2D eigenvalue weighted by Crippen LogP contribution is 2.41. The largest absolute Gasteiger partial charge is 0.309 e. The van der Waals surface area contributed by atoms with Crippen LogP contribution in [0.15, 0.2) is 198 Å². The number of para-hydroxylation sites is 1. The first kappa shape index (κ1) is 33.4. The van der Waals surface area contributed by atoms with Crippen LogP contribution in [0, 0.1) is 0 Å². The third-order valence-corrected chi connectivity index (χ3v) is 10.6. The van der Waals surface area contributed by atoms with Gasteiger partial charge in [-0.25, -0.2) is 15.0 Å². The maximum atomic E-state index is 5.30. The van der Waals surface area contributed by atoms with Crippen LogP contribution >= 0.6 is 12.6 Å². The van der Waals surface area contributed by atoms with Crippen LogP contribution in [0.1, 0.15) is 5.56 Å². The number of aromatic nitrogens is 4. The summed E-state index contributed by atoms with van der Waals surface area (Å²) in [5.74, 6) is 1.79. The van der Waals surface area contributed by atoms with E-state index in [2.05, 4.69) is 120 Å². The van der Waals surface area contributed by atoms with Crippen LogP contribution < -0.4 is 0 Å². The zero-order valence-corrected chi connectivity index (χ0v) is 31.1. The van der Waals surface area contributed by atoms with Gasteiger partial charge < -0.3 is 4.57 Å². The Balaban J connectivity index is 1.19. The van der Waals surface area contributed by atoms with E-state index in [1.54, 1.807) is 0 Å². The third kappa shape index (κ3) is 6.03. The van der Waals surface area contributed by atoms with E-state index in [9.17, 15) is 0 Å². The standard InChI is InChI=1S/C50H33N5S/c56-45-30-29-38-39(47(45)51-32-33-15-4-1-5-16-33)24-13-25-40(38)49-52-48(35-19-8-3-9-20-35)53-50(54-49)42-26-14-28-44-46(42)41-23-10-11-27-43(41)55(44)37-22-12-21-36(31-37)34-17-6-2-7-18-34/h1-32,56H/b51-32+. The molecule has 0 aliphatic rings. The quantitative estimate of drug-likeness (QED) is 0.131. The predicted octanol–water partition coefficient (Wildman–Crippen LogP) is 12.8. The molecule has 264 valence electrons. The molecule has 0 saturated carbocycles. The molecule has 5 nitrogen and oxygen atoms in total. The number of rotatable bonds is 7. The highest BCUT2D eigenvalue weighted by molar-refractivity contribution is 7.80. The number of benzene rings is 8. The van der Waals surface area contributed by atoms with Gasteiger partial charge in [-0.15, -0.1) is 12.6 Å². The van der Waals surface area contributed by atoms with Crippen LogP contribution in [0.4, 0.5) is 5.69 Å². The van der Waals surface area contributed by atoms with E-state index in [4.69, 9.17) is 32.6 Å². The molecule has 10 rings (SSSR count). The SMILES string of the molecule is Sc1ccc2c(-c3nc(-c4ccccc4)nc(-c4cccc5c4c4ccccc4n5-c4cccc(-c5ccccc5)c4)n3)cccc2c1/N=C/c1ccccc1. The van der Waals surface area contributed by atoms with Gasteiger partial charge in [0.2, 0.25) is 0 Å². The number of nitrogens with zero attached hydrogens (tertiary/aromatic N) is 5. The Labute approximate surface area is 329 Å². The van der Waals surface area contributed by atoms with Gasteiger partial charge in [0.05, 0.1) is 16.7 Å². The first-order valence-electron chi connectivity index (χ1n) is 18.5. The molecule has 0 spiro atoms. The molecule has 0 amide bonds. The maximum Gasteiger partial charge on any atom is 0.164 e. The summed E-state index contributed by atoms with van der Waals surface area (Å²) >= 11 is 4.83. The molecule has 56 heavy (non-hydrogen) atoms. The molecule has 0 saturated heterocycles. The number of thiol groups is 1. The molecule has 2 heterocycles. The molecule has 0 fully saturated rings. The van der Waals surface area contributed by atoms with E-state index in [0.717, 1.165) is 76.7 Å². The molecule has 0 bridgehead atoms. The van der Waals surface area contributed by atoms with E-state index in [0.29, 0.717) is 17.5 Å². The molecule has 2 aromatic heterocycles. The van der Waals surface area contributed by atoms with Gasteiger partial charge in [-0.05, 0) is 52.4 Å². The molecule has 0 atom stereocenters. The van der Waals surface area contributed by atoms with Gasteiger partial charge >= 0.3 is 0 Å². The van der Waals surface area contributed by atoms with E-state index in [1.165, 1.54) is 5.56 Å². The summed E-state index contributed by atoms with van der Waals surface area (Å²) in [6.07, 6.45) is 1.88. The number of hydrogen-bond acceptors (Lipinski definition) is 5. The first-order valence-corrected chi connectivity index (χ1v) is 19.0. The monoisotopic (exact) mass is 735 g/mol. The molecule has 6 heteroatoms. The Kier molecular flexibility index (Phi) is 8.50. The van der Waals surface area contributed by atoms with Crippen LogP contribution in [0.2, 0.25) is 0 Å². The topological polar surface area (TPSA) is 56.0 Å². The van der Waals surface area contributed by atoms with Crippen molar-refractivity contribution in [3.05, 3.63) is 194 Å². The number of fused-ring (bicyclic) bond motifs is 4. The van der Waals surface area contributed by atoms with Crippen molar-refractivity contribution in [2.45, 2.75) is 4.90 Å². The minimum Gasteiger partial charge on any atom is -0.309 e. The van der Waals surface area contributed by atoms with E-state index in [1.807, 2.05) is 79.0 Å². The summed E-state index contributed by atoms with van der Waals surface area (Å²) < 4.78 is 2.35. The smallest absolute Gasteiger partial charge is 0.164 e. The highest BCUT2D eigenvalue weighted by atomic mass is 32.1. The predicted molar refractivity (Wildman–Crippen MR) is 234 cm³/mol. The Bertz CT molecular complexity index is 3080.